The molecule has 0 saturated carbocycles. The molecule has 0 spiro atoms. The predicted molar refractivity (Wildman–Crippen MR) is 118 cm³/mol. The molecule has 1 atom stereocenters. The SMILES string of the molecule is O=C(CN1C(=O)CSc2ccccc21)Nc1ccnn1C1CCCc2ccccc21. The van der Waals surface area contributed by atoms with Gasteiger partial charge in [-0.15, -0.1) is 11.8 Å². The summed E-state index contributed by atoms with van der Waals surface area (Å²) in [6.45, 7) is -0.0111. The van der Waals surface area contributed by atoms with Crippen LogP contribution in [0.2, 0.25) is 0 Å². The standard InChI is InChI=1S/C23H22N4O2S/c28-22(14-26-19-9-3-4-11-20(19)30-15-23(26)29)25-21-12-13-24-27(21)18-10-5-7-16-6-1-2-8-17(16)18/h1-4,6,8-9,11-13,18H,5,7,10,14-15H2,(H,25,28). The summed E-state index contributed by atoms with van der Waals surface area (Å²) >= 11 is 1.51. The van der Waals surface area contributed by atoms with Crippen LogP contribution in [0.1, 0.15) is 30.0 Å². The number of thioether (sulfide) groups is 1. The molecule has 1 unspecified atom stereocenters. The van der Waals surface area contributed by atoms with Gasteiger partial charge >= 0.3 is 0 Å². The van der Waals surface area contributed by atoms with Crippen molar-refractivity contribution in [2.45, 2.75) is 30.2 Å². The van der Waals surface area contributed by atoms with Crippen LogP contribution in [0.4, 0.5) is 11.5 Å². The number of para-hydroxylation sites is 1. The summed E-state index contributed by atoms with van der Waals surface area (Å²) in [4.78, 5) is 27.9. The van der Waals surface area contributed by atoms with E-state index >= 15 is 0 Å². The lowest BCUT2D eigenvalue weighted by Crippen LogP contribution is -2.41. The number of aromatic nitrogens is 2. The van der Waals surface area contributed by atoms with Gasteiger partial charge in [-0.25, -0.2) is 4.68 Å². The van der Waals surface area contributed by atoms with Crippen molar-refractivity contribution < 1.29 is 9.59 Å². The van der Waals surface area contributed by atoms with E-state index in [9.17, 15) is 9.59 Å². The molecule has 2 amide bonds. The average molecular weight is 419 g/mol. The van der Waals surface area contributed by atoms with Gasteiger partial charge in [0.2, 0.25) is 11.8 Å². The minimum Gasteiger partial charge on any atom is -0.309 e. The van der Waals surface area contributed by atoms with Crippen molar-refractivity contribution in [1.82, 2.24) is 9.78 Å². The van der Waals surface area contributed by atoms with Gasteiger partial charge in [0, 0.05) is 11.0 Å². The van der Waals surface area contributed by atoms with Crippen molar-refractivity contribution in [2.24, 2.45) is 0 Å². The number of carbonyl (C=O) groups excluding carboxylic acids is 2. The van der Waals surface area contributed by atoms with Gasteiger partial charge in [-0.2, -0.15) is 5.10 Å². The smallest absolute Gasteiger partial charge is 0.245 e. The molecule has 7 heteroatoms. The van der Waals surface area contributed by atoms with Gasteiger partial charge in [0.1, 0.15) is 12.4 Å². The van der Waals surface area contributed by atoms with Crippen molar-refractivity contribution >= 4 is 35.1 Å². The number of rotatable bonds is 4. The molecule has 5 rings (SSSR count). The number of anilines is 2. The molecule has 2 heterocycles. The van der Waals surface area contributed by atoms with Crippen molar-refractivity contribution in [2.75, 3.05) is 22.5 Å². The van der Waals surface area contributed by atoms with E-state index in [0.717, 1.165) is 29.8 Å². The molecular weight excluding hydrogens is 396 g/mol. The largest absolute Gasteiger partial charge is 0.309 e. The molecule has 30 heavy (non-hydrogen) atoms. The monoisotopic (exact) mass is 418 g/mol. The predicted octanol–water partition coefficient (Wildman–Crippen LogP) is 3.89. The summed E-state index contributed by atoms with van der Waals surface area (Å²) in [6, 6.07) is 18.1. The Morgan fingerprint density at radius 1 is 1.13 bits per heavy atom. The molecule has 1 aliphatic carbocycles. The zero-order valence-corrected chi connectivity index (χ0v) is 17.3. The fourth-order valence-electron chi connectivity index (χ4n) is 4.30. The lowest BCUT2D eigenvalue weighted by Gasteiger charge is -2.29. The number of fused-ring (bicyclic) bond motifs is 2. The number of hydrogen-bond acceptors (Lipinski definition) is 4. The lowest BCUT2D eigenvalue weighted by molar-refractivity contribution is -0.120. The Bertz CT molecular complexity index is 1110. The molecular formula is C23H22N4O2S. The van der Waals surface area contributed by atoms with Gasteiger partial charge in [0.05, 0.1) is 23.7 Å². The van der Waals surface area contributed by atoms with Crippen LogP contribution in [0, 0.1) is 0 Å². The Morgan fingerprint density at radius 3 is 2.90 bits per heavy atom. The van der Waals surface area contributed by atoms with Crippen LogP contribution in [-0.4, -0.2) is 33.9 Å². The van der Waals surface area contributed by atoms with Crippen molar-refractivity contribution in [3.8, 4) is 0 Å². The Hall–Kier alpha value is -3.06. The topological polar surface area (TPSA) is 67.2 Å². The van der Waals surface area contributed by atoms with Crippen LogP contribution in [-0.2, 0) is 16.0 Å². The van der Waals surface area contributed by atoms with Gasteiger partial charge < -0.3 is 10.2 Å². The fourth-order valence-corrected chi connectivity index (χ4v) is 5.23. The number of amides is 2. The molecule has 1 N–H and O–H groups in total. The minimum atomic E-state index is -0.226. The number of nitrogens with zero attached hydrogens (tertiary/aromatic N) is 3. The molecule has 3 aromatic rings. The normalized spacial score (nSPS) is 17.9. The maximum absolute atomic E-state index is 12.9. The number of hydrogen-bond donors (Lipinski definition) is 1. The van der Waals surface area contributed by atoms with Gasteiger partial charge in [-0.3, -0.25) is 9.59 Å². The first-order chi connectivity index (χ1) is 14.7. The molecule has 2 aromatic carbocycles. The highest BCUT2D eigenvalue weighted by Crippen LogP contribution is 2.36. The number of nitrogens with one attached hydrogen (secondary N) is 1. The second-order valence-corrected chi connectivity index (χ2v) is 8.57. The second-order valence-electron chi connectivity index (χ2n) is 7.55. The molecule has 0 bridgehead atoms. The van der Waals surface area contributed by atoms with Gasteiger partial charge in [0.25, 0.3) is 0 Å². The summed E-state index contributed by atoms with van der Waals surface area (Å²) < 4.78 is 1.90. The Balaban J connectivity index is 1.36. The highest BCUT2D eigenvalue weighted by molar-refractivity contribution is 8.00. The van der Waals surface area contributed by atoms with Crippen LogP contribution in [0.25, 0.3) is 0 Å². The highest BCUT2D eigenvalue weighted by atomic mass is 32.2. The third-order valence-corrected chi connectivity index (χ3v) is 6.73. The quantitative estimate of drug-likeness (QED) is 0.698. The fraction of sp³-hybridized carbons (Fsp3) is 0.261. The van der Waals surface area contributed by atoms with E-state index in [1.165, 1.54) is 22.9 Å². The van der Waals surface area contributed by atoms with E-state index < -0.39 is 0 Å². The van der Waals surface area contributed by atoms with Crippen LogP contribution < -0.4 is 10.2 Å². The first-order valence-corrected chi connectivity index (χ1v) is 11.1. The molecule has 0 fully saturated rings. The third kappa shape index (κ3) is 3.50. The summed E-state index contributed by atoms with van der Waals surface area (Å²) in [7, 11) is 0. The molecule has 0 saturated heterocycles. The molecule has 2 aliphatic rings. The van der Waals surface area contributed by atoms with Crippen molar-refractivity contribution in [3.63, 3.8) is 0 Å². The summed E-state index contributed by atoms with van der Waals surface area (Å²) in [5.74, 6) is 0.731. The van der Waals surface area contributed by atoms with E-state index in [4.69, 9.17) is 0 Å². The first kappa shape index (κ1) is 18.9. The van der Waals surface area contributed by atoms with Crippen molar-refractivity contribution in [3.05, 3.63) is 71.9 Å². The number of aryl methyl sites for hydroxylation is 1. The van der Waals surface area contributed by atoms with E-state index in [1.807, 2.05) is 35.0 Å². The Labute approximate surface area is 179 Å². The zero-order chi connectivity index (χ0) is 20.5. The van der Waals surface area contributed by atoms with Crippen LogP contribution in [0.15, 0.2) is 65.7 Å². The molecule has 152 valence electrons. The van der Waals surface area contributed by atoms with Gasteiger partial charge in [0.15, 0.2) is 0 Å². The Morgan fingerprint density at radius 2 is 1.97 bits per heavy atom. The third-order valence-electron chi connectivity index (χ3n) is 5.68. The van der Waals surface area contributed by atoms with Crippen LogP contribution >= 0.6 is 11.8 Å². The summed E-state index contributed by atoms with van der Waals surface area (Å²) in [6.07, 6.45) is 4.86. The van der Waals surface area contributed by atoms with Crippen LogP contribution in [0.5, 0.6) is 0 Å². The first-order valence-electron chi connectivity index (χ1n) is 10.1. The molecule has 6 nitrogen and oxygen atoms in total. The Kier molecular flexibility index (Phi) is 5.04. The maximum atomic E-state index is 12.9. The highest BCUT2D eigenvalue weighted by Gasteiger charge is 2.28. The summed E-state index contributed by atoms with van der Waals surface area (Å²) in [5.41, 5.74) is 3.40. The zero-order valence-electron chi connectivity index (χ0n) is 16.5. The number of benzene rings is 2. The van der Waals surface area contributed by atoms with E-state index in [2.05, 4.69) is 34.7 Å². The number of carbonyl (C=O) groups is 2. The van der Waals surface area contributed by atoms with E-state index in [0.29, 0.717) is 11.6 Å². The minimum absolute atomic E-state index is 0.0111. The molecule has 1 aromatic heterocycles. The van der Waals surface area contributed by atoms with E-state index in [1.54, 1.807) is 11.1 Å². The average Bonchev–Trinajstić information content (AvgIpc) is 3.23. The molecule has 0 radical (unpaired) electrons. The van der Waals surface area contributed by atoms with Gasteiger partial charge in [-0.1, -0.05) is 36.4 Å². The maximum Gasteiger partial charge on any atom is 0.245 e. The van der Waals surface area contributed by atoms with Gasteiger partial charge in [-0.05, 0) is 42.5 Å². The van der Waals surface area contributed by atoms with Crippen molar-refractivity contribution in [1.29, 1.82) is 0 Å². The summed E-state index contributed by atoms with van der Waals surface area (Å²) in [5, 5.41) is 7.49. The van der Waals surface area contributed by atoms with E-state index in [-0.39, 0.29) is 24.4 Å². The second kappa shape index (κ2) is 7.99. The molecule has 1 aliphatic heterocycles. The lowest BCUT2D eigenvalue weighted by atomic mass is 9.88. The van der Waals surface area contributed by atoms with Crippen LogP contribution in [0.3, 0.4) is 0 Å².